The van der Waals surface area contributed by atoms with Crippen molar-refractivity contribution in [2.24, 2.45) is 0 Å². The lowest BCUT2D eigenvalue weighted by Gasteiger charge is -2.26. The van der Waals surface area contributed by atoms with Gasteiger partial charge in [0.1, 0.15) is 0 Å². The second-order valence-corrected chi connectivity index (χ2v) is 11.7. The summed E-state index contributed by atoms with van der Waals surface area (Å²) in [4.78, 5) is 13.0. The minimum absolute atomic E-state index is 0.0167. The number of ether oxygens (including phenoxy) is 1. The summed E-state index contributed by atoms with van der Waals surface area (Å²) in [6, 6.07) is 17.6. The minimum Gasteiger partial charge on any atom is -0.379 e. The number of carbonyl (C=O) groups excluding carboxylic acids is 1. The maximum atomic E-state index is 12.9. The van der Waals surface area contributed by atoms with Gasteiger partial charge in [0.05, 0.1) is 38.5 Å². The third-order valence-electron chi connectivity index (χ3n) is 5.27. The van der Waals surface area contributed by atoms with E-state index < -0.39 is 25.8 Å². The minimum atomic E-state index is -3.81. The average molecular weight is 521 g/mol. The van der Waals surface area contributed by atoms with E-state index in [0.717, 1.165) is 0 Å². The summed E-state index contributed by atoms with van der Waals surface area (Å²) in [6.07, 6.45) is 0. The van der Waals surface area contributed by atoms with Crippen LogP contribution in [0.15, 0.2) is 87.5 Å². The Bertz CT molecular complexity index is 1400. The van der Waals surface area contributed by atoms with Crippen LogP contribution in [0.5, 0.6) is 0 Å². The molecular weight excluding hydrogens is 500 g/mol. The van der Waals surface area contributed by atoms with Gasteiger partial charge in [-0.25, -0.2) is 16.8 Å². The summed E-state index contributed by atoms with van der Waals surface area (Å²) < 4.78 is 57.8. The molecule has 1 fully saturated rings. The van der Waals surface area contributed by atoms with E-state index in [9.17, 15) is 21.6 Å². The molecule has 0 bridgehead atoms. The van der Waals surface area contributed by atoms with E-state index in [1.54, 1.807) is 18.2 Å². The van der Waals surface area contributed by atoms with E-state index in [1.165, 1.54) is 58.9 Å². The zero-order valence-corrected chi connectivity index (χ0v) is 20.2. The molecule has 1 saturated heterocycles. The molecule has 0 aromatic heterocycles. The van der Waals surface area contributed by atoms with Crippen LogP contribution in [0, 0.1) is 0 Å². The molecular formula is C23H21ClN2O6S2. The number of nitrogens with zero attached hydrogens (tertiary/aromatic N) is 1. The van der Waals surface area contributed by atoms with E-state index in [0.29, 0.717) is 18.9 Å². The Morgan fingerprint density at radius 2 is 1.41 bits per heavy atom. The van der Waals surface area contributed by atoms with Gasteiger partial charge in [-0.1, -0.05) is 29.8 Å². The topological polar surface area (TPSA) is 110 Å². The first-order chi connectivity index (χ1) is 16.2. The quantitative estimate of drug-likeness (QED) is 0.533. The van der Waals surface area contributed by atoms with Gasteiger partial charge in [-0.05, 0) is 54.6 Å². The second kappa shape index (κ2) is 9.85. The maximum absolute atomic E-state index is 12.9. The highest BCUT2D eigenvalue weighted by Gasteiger charge is 2.27. The molecule has 0 atom stereocenters. The van der Waals surface area contributed by atoms with Crippen molar-refractivity contribution >= 4 is 43.1 Å². The Balaban J connectivity index is 1.54. The average Bonchev–Trinajstić information content (AvgIpc) is 2.85. The zero-order valence-electron chi connectivity index (χ0n) is 17.8. The van der Waals surface area contributed by atoms with E-state index in [4.69, 9.17) is 16.3 Å². The first kappa shape index (κ1) is 24.4. The molecule has 1 aliphatic rings. The molecule has 8 nitrogen and oxygen atoms in total. The van der Waals surface area contributed by atoms with Gasteiger partial charge in [0, 0.05) is 18.8 Å². The van der Waals surface area contributed by atoms with Crippen LogP contribution in [0.4, 0.5) is 5.69 Å². The largest absolute Gasteiger partial charge is 0.379 e. The van der Waals surface area contributed by atoms with Crippen molar-refractivity contribution in [1.29, 1.82) is 0 Å². The summed E-state index contributed by atoms with van der Waals surface area (Å²) in [5.41, 5.74) is 0.312. The van der Waals surface area contributed by atoms with Gasteiger partial charge < -0.3 is 10.1 Å². The number of sulfone groups is 1. The Morgan fingerprint density at radius 3 is 2.06 bits per heavy atom. The molecule has 0 unspecified atom stereocenters. The molecule has 3 aromatic carbocycles. The Labute approximate surface area is 203 Å². The van der Waals surface area contributed by atoms with Crippen molar-refractivity contribution in [2.45, 2.75) is 14.7 Å². The lowest BCUT2D eigenvalue weighted by molar-refractivity contribution is 0.0730. The molecule has 3 aromatic rings. The number of hydrogen-bond acceptors (Lipinski definition) is 6. The van der Waals surface area contributed by atoms with Crippen LogP contribution < -0.4 is 5.32 Å². The fraction of sp³-hybridized carbons (Fsp3) is 0.174. The number of rotatable bonds is 6. The standard InChI is InChI=1S/C23H21ClN2O6S2/c24-22-11-10-20(34(30,31)26-12-14-32-15-13-26)16-21(22)23(27)25-17-6-8-19(9-7-17)33(28,29)18-4-2-1-3-5-18/h1-11,16H,12-15H2,(H,25,27). The molecule has 1 heterocycles. The molecule has 0 spiro atoms. The summed E-state index contributed by atoms with van der Waals surface area (Å²) in [5.74, 6) is -0.623. The van der Waals surface area contributed by atoms with Crippen molar-refractivity contribution in [3.05, 3.63) is 83.4 Å². The monoisotopic (exact) mass is 520 g/mol. The number of morpholine rings is 1. The van der Waals surface area contributed by atoms with Gasteiger partial charge in [0.15, 0.2) is 0 Å². The van der Waals surface area contributed by atoms with E-state index >= 15 is 0 Å². The highest BCUT2D eigenvalue weighted by Crippen LogP contribution is 2.26. The smallest absolute Gasteiger partial charge is 0.257 e. The van der Waals surface area contributed by atoms with Gasteiger partial charge in [0.25, 0.3) is 5.91 Å². The zero-order chi connectivity index (χ0) is 24.3. The summed E-state index contributed by atoms with van der Waals surface area (Å²) in [7, 11) is -7.50. The number of carbonyl (C=O) groups is 1. The third kappa shape index (κ3) is 5.01. The number of nitrogens with one attached hydrogen (secondary N) is 1. The molecule has 1 amide bonds. The predicted octanol–water partition coefficient (Wildman–Crippen LogP) is 3.45. The first-order valence-electron chi connectivity index (χ1n) is 10.3. The molecule has 178 valence electrons. The molecule has 34 heavy (non-hydrogen) atoms. The number of sulfonamides is 1. The summed E-state index contributed by atoms with van der Waals surface area (Å²) >= 11 is 6.18. The highest BCUT2D eigenvalue weighted by molar-refractivity contribution is 7.91. The summed E-state index contributed by atoms with van der Waals surface area (Å²) in [5, 5.41) is 2.71. The number of halogens is 1. The predicted molar refractivity (Wildman–Crippen MR) is 127 cm³/mol. The van der Waals surface area contributed by atoms with Crippen molar-refractivity contribution in [3.63, 3.8) is 0 Å². The van der Waals surface area contributed by atoms with Crippen LogP contribution in [-0.2, 0) is 24.6 Å². The van der Waals surface area contributed by atoms with Crippen LogP contribution in [0.25, 0.3) is 0 Å². The van der Waals surface area contributed by atoms with E-state index in [2.05, 4.69) is 5.32 Å². The fourth-order valence-electron chi connectivity index (χ4n) is 3.43. The van der Waals surface area contributed by atoms with Crippen LogP contribution in [-0.4, -0.2) is 53.4 Å². The van der Waals surface area contributed by atoms with Crippen molar-refractivity contribution in [2.75, 3.05) is 31.6 Å². The van der Waals surface area contributed by atoms with Crippen LogP contribution in [0.3, 0.4) is 0 Å². The molecule has 0 aliphatic carbocycles. The number of benzene rings is 3. The Hall–Kier alpha value is -2.76. The number of amides is 1. The number of anilines is 1. The van der Waals surface area contributed by atoms with Gasteiger partial charge >= 0.3 is 0 Å². The van der Waals surface area contributed by atoms with Crippen LogP contribution >= 0.6 is 11.6 Å². The Morgan fingerprint density at radius 1 is 0.824 bits per heavy atom. The van der Waals surface area contributed by atoms with Gasteiger partial charge in [-0.15, -0.1) is 0 Å². The number of hydrogen-bond donors (Lipinski definition) is 1. The first-order valence-corrected chi connectivity index (χ1v) is 13.6. The second-order valence-electron chi connectivity index (χ2n) is 7.45. The van der Waals surface area contributed by atoms with E-state index in [1.807, 2.05) is 0 Å². The highest BCUT2D eigenvalue weighted by atomic mass is 35.5. The third-order valence-corrected chi connectivity index (χ3v) is 9.28. The Kier molecular flexibility index (Phi) is 7.06. The molecule has 0 radical (unpaired) electrons. The summed E-state index contributed by atoms with van der Waals surface area (Å²) in [6.45, 7) is 1.06. The van der Waals surface area contributed by atoms with Crippen molar-refractivity contribution < 1.29 is 26.4 Å². The maximum Gasteiger partial charge on any atom is 0.257 e. The lowest BCUT2D eigenvalue weighted by atomic mass is 10.2. The molecule has 1 aliphatic heterocycles. The molecule has 1 N–H and O–H groups in total. The normalized spacial score (nSPS) is 15.1. The molecule has 11 heteroatoms. The fourth-order valence-corrected chi connectivity index (χ4v) is 6.35. The van der Waals surface area contributed by atoms with Crippen LogP contribution in [0.2, 0.25) is 5.02 Å². The van der Waals surface area contributed by atoms with Gasteiger partial charge in [-0.2, -0.15) is 4.31 Å². The SMILES string of the molecule is O=C(Nc1ccc(S(=O)(=O)c2ccccc2)cc1)c1cc(S(=O)(=O)N2CCOCC2)ccc1Cl. The van der Waals surface area contributed by atoms with E-state index in [-0.39, 0.29) is 38.4 Å². The van der Waals surface area contributed by atoms with Crippen LogP contribution in [0.1, 0.15) is 10.4 Å². The molecule has 4 rings (SSSR count). The van der Waals surface area contributed by atoms with Gasteiger partial charge in [0.2, 0.25) is 19.9 Å². The van der Waals surface area contributed by atoms with Gasteiger partial charge in [-0.3, -0.25) is 4.79 Å². The van der Waals surface area contributed by atoms with Crippen molar-refractivity contribution in [1.82, 2.24) is 4.31 Å². The lowest BCUT2D eigenvalue weighted by Crippen LogP contribution is -2.40. The molecule has 0 saturated carbocycles. The van der Waals surface area contributed by atoms with Crippen molar-refractivity contribution in [3.8, 4) is 0 Å².